The molecule has 0 aliphatic carbocycles. The van der Waals surface area contributed by atoms with Crippen LogP contribution in [0.3, 0.4) is 0 Å². The quantitative estimate of drug-likeness (QED) is 0.869. The Morgan fingerprint density at radius 3 is 2.50 bits per heavy atom. The molecule has 0 atom stereocenters. The molecule has 20 heavy (non-hydrogen) atoms. The van der Waals surface area contributed by atoms with Crippen molar-refractivity contribution in [3.05, 3.63) is 58.6 Å². The van der Waals surface area contributed by atoms with Crippen molar-refractivity contribution in [2.45, 2.75) is 13.5 Å². The standard InChI is InChI=1S/C16H16ClN3/c1-2-20(11-12-6-8-13(19)9-7-12)16-5-3-4-15(17)14(16)10-18/h3-9H,2,11,19H2,1H3. The van der Waals surface area contributed by atoms with Crippen LogP contribution in [0.4, 0.5) is 11.4 Å². The molecule has 102 valence electrons. The van der Waals surface area contributed by atoms with Crippen LogP contribution >= 0.6 is 11.6 Å². The molecule has 2 N–H and O–H groups in total. The van der Waals surface area contributed by atoms with E-state index in [1.165, 1.54) is 0 Å². The molecule has 0 aliphatic rings. The lowest BCUT2D eigenvalue weighted by Crippen LogP contribution is -2.23. The Morgan fingerprint density at radius 1 is 1.20 bits per heavy atom. The third kappa shape index (κ3) is 3.04. The summed E-state index contributed by atoms with van der Waals surface area (Å²) in [5.41, 5.74) is 8.96. The summed E-state index contributed by atoms with van der Waals surface area (Å²) in [6.45, 7) is 3.56. The summed E-state index contributed by atoms with van der Waals surface area (Å²) < 4.78 is 0. The van der Waals surface area contributed by atoms with Crippen LogP contribution in [0.1, 0.15) is 18.1 Å². The second kappa shape index (κ2) is 6.31. The van der Waals surface area contributed by atoms with Gasteiger partial charge in [-0.1, -0.05) is 29.8 Å². The third-order valence-corrected chi connectivity index (χ3v) is 3.49. The molecule has 3 nitrogen and oxygen atoms in total. The van der Waals surface area contributed by atoms with Gasteiger partial charge in [-0.15, -0.1) is 0 Å². The van der Waals surface area contributed by atoms with Crippen molar-refractivity contribution in [2.75, 3.05) is 17.2 Å². The molecule has 0 unspecified atom stereocenters. The summed E-state index contributed by atoms with van der Waals surface area (Å²) in [6, 6.07) is 15.5. The van der Waals surface area contributed by atoms with Gasteiger partial charge in [0.05, 0.1) is 16.3 Å². The fourth-order valence-electron chi connectivity index (χ4n) is 2.10. The Bertz CT molecular complexity index is 629. The predicted octanol–water partition coefficient (Wildman–Crippen LogP) is 3.82. The Kier molecular flexibility index (Phi) is 4.49. The summed E-state index contributed by atoms with van der Waals surface area (Å²) in [4.78, 5) is 2.12. The SMILES string of the molecule is CCN(Cc1ccc(N)cc1)c1cccc(Cl)c1C#N. The number of hydrogen-bond acceptors (Lipinski definition) is 3. The van der Waals surface area contributed by atoms with Gasteiger partial charge in [0.15, 0.2) is 0 Å². The lowest BCUT2D eigenvalue weighted by atomic mass is 10.1. The minimum Gasteiger partial charge on any atom is -0.399 e. The van der Waals surface area contributed by atoms with Gasteiger partial charge in [0.2, 0.25) is 0 Å². The molecule has 0 radical (unpaired) electrons. The molecule has 0 amide bonds. The fourth-order valence-corrected chi connectivity index (χ4v) is 2.31. The Morgan fingerprint density at radius 2 is 1.90 bits per heavy atom. The summed E-state index contributed by atoms with van der Waals surface area (Å²) in [5, 5.41) is 9.76. The molecule has 0 spiro atoms. The van der Waals surface area contributed by atoms with Gasteiger partial charge in [0, 0.05) is 18.8 Å². The van der Waals surface area contributed by atoms with E-state index in [1.807, 2.05) is 36.4 Å². The second-order valence-electron chi connectivity index (χ2n) is 4.50. The molecular formula is C16H16ClN3. The van der Waals surface area contributed by atoms with Gasteiger partial charge in [0.1, 0.15) is 6.07 Å². The van der Waals surface area contributed by atoms with Crippen LogP contribution < -0.4 is 10.6 Å². The van der Waals surface area contributed by atoms with Gasteiger partial charge in [-0.2, -0.15) is 5.26 Å². The molecular weight excluding hydrogens is 270 g/mol. The van der Waals surface area contributed by atoms with Gasteiger partial charge >= 0.3 is 0 Å². The third-order valence-electron chi connectivity index (χ3n) is 3.18. The molecule has 0 aromatic heterocycles. The van der Waals surface area contributed by atoms with E-state index >= 15 is 0 Å². The van der Waals surface area contributed by atoms with Gasteiger partial charge in [-0.25, -0.2) is 0 Å². The highest BCUT2D eigenvalue weighted by Crippen LogP contribution is 2.27. The van der Waals surface area contributed by atoms with E-state index in [1.54, 1.807) is 6.07 Å². The number of hydrogen-bond donors (Lipinski definition) is 1. The second-order valence-corrected chi connectivity index (χ2v) is 4.91. The average molecular weight is 286 g/mol. The molecule has 2 rings (SSSR count). The predicted molar refractivity (Wildman–Crippen MR) is 83.7 cm³/mol. The van der Waals surface area contributed by atoms with Crippen molar-refractivity contribution in [2.24, 2.45) is 0 Å². The number of nitrogen functional groups attached to an aromatic ring is 1. The number of halogens is 1. The Hall–Kier alpha value is -2.18. The van der Waals surface area contributed by atoms with Crippen LogP contribution in [0.2, 0.25) is 5.02 Å². The molecule has 4 heteroatoms. The number of nitriles is 1. The van der Waals surface area contributed by atoms with Crippen LogP contribution in [0.15, 0.2) is 42.5 Å². The van der Waals surface area contributed by atoms with Crippen LogP contribution in [0.5, 0.6) is 0 Å². The molecule has 0 heterocycles. The molecule has 2 aromatic carbocycles. The number of rotatable bonds is 4. The number of nitrogens with two attached hydrogens (primary N) is 1. The molecule has 0 saturated carbocycles. The summed E-state index contributed by atoms with van der Waals surface area (Å²) >= 11 is 6.09. The maximum atomic E-state index is 9.27. The monoisotopic (exact) mass is 285 g/mol. The van der Waals surface area contributed by atoms with Crippen LogP contribution in [0, 0.1) is 11.3 Å². The first kappa shape index (κ1) is 14.2. The van der Waals surface area contributed by atoms with Crippen LogP contribution in [-0.2, 0) is 6.54 Å². The van der Waals surface area contributed by atoms with E-state index in [-0.39, 0.29) is 0 Å². The van der Waals surface area contributed by atoms with Crippen molar-refractivity contribution in [3.63, 3.8) is 0 Å². The summed E-state index contributed by atoms with van der Waals surface area (Å²) in [5.74, 6) is 0. The lowest BCUT2D eigenvalue weighted by Gasteiger charge is -2.24. The summed E-state index contributed by atoms with van der Waals surface area (Å²) in [7, 11) is 0. The number of anilines is 2. The minimum absolute atomic E-state index is 0.487. The Labute approximate surface area is 124 Å². The topological polar surface area (TPSA) is 53.0 Å². The largest absolute Gasteiger partial charge is 0.399 e. The van der Waals surface area contributed by atoms with Crippen LogP contribution in [0.25, 0.3) is 0 Å². The van der Waals surface area contributed by atoms with Gasteiger partial charge in [-0.3, -0.25) is 0 Å². The van der Waals surface area contributed by atoms with E-state index in [0.29, 0.717) is 17.1 Å². The lowest BCUT2D eigenvalue weighted by molar-refractivity contribution is 0.830. The molecule has 0 fully saturated rings. The van der Waals surface area contributed by atoms with Crippen molar-refractivity contribution in [1.29, 1.82) is 5.26 Å². The highest BCUT2D eigenvalue weighted by atomic mass is 35.5. The van der Waals surface area contributed by atoms with Crippen molar-refractivity contribution in [3.8, 4) is 6.07 Å². The van der Waals surface area contributed by atoms with Crippen LogP contribution in [-0.4, -0.2) is 6.54 Å². The first-order chi connectivity index (χ1) is 9.65. The first-order valence-electron chi connectivity index (χ1n) is 6.43. The first-order valence-corrected chi connectivity index (χ1v) is 6.81. The smallest absolute Gasteiger partial charge is 0.103 e. The van der Waals surface area contributed by atoms with Crippen molar-refractivity contribution >= 4 is 23.0 Å². The van der Waals surface area contributed by atoms with E-state index in [9.17, 15) is 5.26 Å². The van der Waals surface area contributed by atoms with E-state index in [0.717, 1.165) is 23.5 Å². The molecule has 0 bridgehead atoms. The zero-order valence-electron chi connectivity index (χ0n) is 11.3. The van der Waals surface area contributed by atoms with Gasteiger partial charge in [0.25, 0.3) is 0 Å². The molecule has 0 saturated heterocycles. The highest BCUT2D eigenvalue weighted by Gasteiger charge is 2.12. The van der Waals surface area contributed by atoms with Crippen molar-refractivity contribution in [1.82, 2.24) is 0 Å². The van der Waals surface area contributed by atoms with Crippen molar-refractivity contribution < 1.29 is 0 Å². The van der Waals surface area contributed by atoms with E-state index < -0.39 is 0 Å². The number of benzene rings is 2. The summed E-state index contributed by atoms with van der Waals surface area (Å²) in [6.07, 6.45) is 0. The van der Waals surface area contributed by atoms with E-state index in [4.69, 9.17) is 17.3 Å². The van der Waals surface area contributed by atoms with Gasteiger partial charge in [-0.05, 0) is 36.8 Å². The zero-order valence-corrected chi connectivity index (χ0v) is 12.1. The maximum absolute atomic E-state index is 9.27. The maximum Gasteiger partial charge on any atom is 0.103 e. The van der Waals surface area contributed by atoms with Gasteiger partial charge < -0.3 is 10.6 Å². The highest BCUT2D eigenvalue weighted by molar-refractivity contribution is 6.32. The minimum atomic E-state index is 0.487. The average Bonchev–Trinajstić information content (AvgIpc) is 2.46. The normalized spacial score (nSPS) is 10.1. The fraction of sp³-hybridized carbons (Fsp3) is 0.188. The molecule has 0 aliphatic heterocycles. The number of nitrogens with zero attached hydrogens (tertiary/aromatic N) is 2. The molecule has 2 aromatic rings. The zero-order chi connectivity index (χ0) is 14.5. The van der Waals surface area contributed by atoms with E-state index in [2.05, 4.69) is 17.9 Å². The Balaban J connectivity index is 2.31.